The lowest BCUT2D eigenvalue weighted by Gasteiger charge is -2.35. The van der Waals surface area contributed by atoms with Gasteiger partial charge in [-0.2, -0.15) is 0 Å². The van der Waals surface area contributed by atoms with E-state index in [0.717, 1.165) is 16.0 Å². The molecule has 1 amide bonds. The maximum Gasteiger partial charge on any atom is 0.335 e. The number of carbonyl (C=O) groups excluding carboxylic acids is 1. The van der Waals surface area contributed by atoms with Gasteiger partial charge in [0.1, 0.15) is 0 Å². The van der Waals surface area contributed by atoms with E-state index in [2.05, 4.69) is 0 Å². The summed E-state index contributed by atoms with van der Waals surface area (Å²) in [4.78, 5) is 27.0. The number of amides is 1. The van der Waals surface area contributed by atoms with E-state index in [1.165, 1.54) is 11.3 Å². The van der Waals surface area contributed by atoms with Crippen LogP contribution in [0.1, 0.15) is 28.1 Å². The Labute approximate surface area is 154 Å². The minimum atomic E-state index is -1.73. The summed E-state index contributed by atoms with van der Waals surface area (Å²) in [7, 11) is 0. The number of hydrogen-bond acceptors (Lipinski definition) is 4. The summed E-state index contributed by atoms with van der Waals surface area (Å²) in [5.74, 6) is -1.36. The molecule has 1 aliphatic rings. The zero-order valence-corrected chi connectivity index (χ0v) is 15.2. The topological polar surface area (TPSA) is 77.8 Å². The summed E-state index contributed by atoms with van der Waals surface area (Å²) in [5.41, 5.74) is 0.233. The summed E-state index contributed by atoms with van der Waals surface area (Å²) in [6.07, 6.45) is 0.0825. The largest absolute Gasteiger partial charge is 0.479 e. The zero-order chi connectivity index (χ0) is 18.2. The molecule has 1 saturated heterocycles. The van der Waals surface area contributed by atoms with Gasteiger partial charge in [-0.15, -0.1) is 11.3 Å². The molecule has 1 aromatic carbocycles. The van der Waals surface area contributed by atoms with E-state index < -0.39 is 11.6 Å². The number of carboxylic acid groups (broad SMARTS) is 1. The van der Waals surface area contributed by atoms with Crippen LogP contribution in [0.5, 0.6) is 0 Å². The van der Waals surface area contributed by atoms with Gasteiger partial charge in [0.2, 0.25) is 0 Å². The Morgan fingerprint density at radius 3 is 2.52 bits per heavy atom. The normalized spacial score (nSPS) is 16.7. The average Bonchev–Trinajstić information content (AvgIpc) is 2.96. The first-order chi connectivity index (χ1) is 11.8. The second kappa shape index (κ2) is 6.78. The maximum absolute atomic E-state index is 12.7. The van der Waals surface area contributed by atoms with Crippen molar-refractivity contribution in [1.29, 1.82) is 0 Å². The third kappa shape index (κ3) is 3.56. The number of likely N-dealkylation sites (tertiary alicyclic amines) is 1. The number of carboxylic acids is 1. The van der Waals surface area contributed by atoms with Crippen LogP contribution >= 0.6 is 22.9 Å². The molecule has 2 N–H and O–H groups in total. The van der Waals surface area contributed by atoms with Crippen LogP contribution in [0.15, 0.2) is 30.3 Å². The third-order valence-electron chi connectivity index (χ3n) is 4.49. The second-order valence-corrected chi connectivity index (χ2v) is 7.75. The highest BCUT2D eigenvalue weighted by Crippen LogP contribution is 2.35. The van der Waals surface area contributed by atoms with E-state index in [1.807, 2.05) is 31.2 Å². The SMILES string of the molecule is Cc1cc(C(=O)N2CCC(O)(C(=O)O)CC2)sc1-c1cccc(Cl)c1. The Morgan fingerprint density at radius 2 is 1.92 bits per heavy atom. The first kappa shape index (κ1) is 17.9. The molecule has 2 heterocycles. The quantitative estimate of drug-likeness (QED) is 0.856. The highest BCUT2D eigenvalue weighted by atomic mass is 35.5. The molecule has 0 radical (unpaired) electrons. The van der Waals surface area contributed by atoms with Crippen LogP contribution < -0.4 is 0 Å². The number of aliphatic carboxylic acids is 1. The van der Waals surface area contributed by atoms with Crippen molar-refractivity contribution in [2.45, 2.75) is 25.4 Å². The Kier molecular flexibility index (Phi) is 4.86. The zero-order valence-electron chi connectivity index (χ0n) is 13.7. The molecule has 3 rings (SSSR count). The number of aryl methyl sites for hydroxylation is 1. The molecule has 0 unspecified atom stereocenters. The predicted molar refractivity (Wildman–Crippen MR) is 97.2 cm³/mol. The van der Waals surface area contributed by atoms with Gasteiger partial charge in [0.05, 0.1) is 4.88 Å². The van der Waals surface area contributed by atoms with Crippen molar-refractivity contribution in [2.75, 3.05) is 13.1 Å². The number of benzene rings is 1. The molecular weight excluding hydrogens is 362 g/mol. The molecule has 7 heteroatoms. The molecule has 0 bridgehead atoms. The fraction of sp³-hybridized carbons (Fsp3) is 0.333. The smallest absolute Gasteiger partial charge is 0.335 e. The molecule has 132 valence electrons. The van der Waals surface area contributed by atoms with Gasteiger partial charge in [0.25, 0.3) is 5.91 Å². The molecule has 0 saturated carbocycles. The number of halogens is 1. The fourth-order valence-corrected chi connectivity index (χ4v) is 4.28. The van der Waals surface area contributed by atoms with E-state index in [9.17, 15) is 14.7 Å². The summed E-state index contributed by atoms with van der Waals surface area (Å²) in [5, 5.41) is 19.7. The number of piperidine rings is 1. The van der Waals surface area contributed by atoms with Crippen LogP contribution in [0, 0.1) is 6.92 Å². The average molecular weight is 380 g/mol. The fourth-order valence-electron chi connectivity index (χ4n) is 2.95. The Hall–Kier alpha value is -1.89. The van der Waals surface area contributed by atoms with E-state index in [1.54, 1.807) is 11.0 Å². The van der Waals surface area contributed by atoms with Crippen LogP contribution in [-0.4, -0.2) is 45.7 Å². The monoisotopic (exact) mass is 379 g/mol. The van der Waals surface area contributed by atoms with Crippen molar-refractivity contribution in [1.82, 2.24) is 4.90 Å². The lowest BCUT2D eigenvalue weighted by Crippen LogP contribution is -2.50. The summed E-state index contributed by atoms with van der Waals surface area (Å²) >= 11 is 7.45. The van der Waals surface area contributed by atoms with Gasteiger partial charge in [-0.1, -0.05) is 23.7 Å². The third-order valence-corrected chi connectivity index (χ3v) is 6.00. The van der Waals surface area contributed by atoms with Crippen LogP contribution in [0.2, 0.25) is 5.02 Å². The molecule has 5 nitrogen and oxygen atoms in total. The number of rotatable bonds is 3. The predicted octanol–water partition coefficient (Wildman–Crippen LogP) is 3.43. The minimum absolute atomic E-state index is 0.0413. The maximum atomic E-state index is 12.7. The second-order valence-electron chi connectivity index (χ2n) is 6.26. The van der Waals surface area contributed by atoms with E-state index in [-0.39, 0.29) is 31.8 Å². The molecule has 1 fully saturated rings. The number of thiophene rings is 1. The Balaban J connectivity index is 1.78. The molecule has 0 atom stereocenters. The van der Waals surface area contributed by atoms with Gasteiger partial charge in [-0.05, 0) is 36.2 Å². The standard InChI is InChI=1S/C18H18ClNO4S/c1-11-9-14(25-15(11)12-3-2-4-13(19)10-12)16(21)20-7-5-18(24,6-8-20)17(22)23/h2-4,9-10,24H,5-8H2,1H3,(H,22,23). The van der Waals surface area contributed by atoms with Crippen molar-refractivity contribution in [2.24, 2.45) is 0 Å². The van der Waals surface area contributed by atoms with Crippen molar-refractivity contribution < 1.29 is 19.8 Å². The van der Waals surface area contributed by atoms with Crippen LogP contribution in [0.25, 0.3) is 10.4 Å². The molecule has 25 heavy (non-hydrogen) atoms. The number of aliphatic hydroxyl groups is 1. The minimum Gasteiger partial charge on any atom is -0.479 e. The van der Waals surface area contributed by atoms with Gasteiger partial charge < -0.3 is 15.1 Å². The molecule has 1 aliphatic heterocycles. The van der Waals surface area contributed by atoms with Gasteiger partial charge in [0.15, 0.2) is 5.60 Å². The molecule has 0 spiro atoms. The first-order valence-corrected chi connectivity index (χ1v) is 9.11. The summed E-state index contributed by atoms with van der Waals surface area (Å²) < 4.78 is 0. The highest BCUT2D eigenvalue weighted by Gasteiger charge is 2.40. The van der Waals surface area contributed by atoms with Crippen molar-refractivity contribution in [3.05, 3.63) is 45.8 Å². The lowest BCUT2D eigenvalue weighted by molar-refractivity contribution is -0.162. The Bertz CT molecular complexity index is 824. The number of hydrogen-bond donors (Lipinski definition) is 2. The van der Waals surface area contributed by atoms with Gasteiger partial charge in [0, 0.05) is 35.8 Å². The number of carbonyl (C=O) groups is 2. The van der Waals surface area contributed by atoms with E-state index in [0.29, 0.717) is 9.90 Å². The van der Waals surface area contributed by atoms with Crippen molar-refractivity contribution in [3.8, 4) is 10.4 Å². The van der Waals surface area contributed by atoms with Crippen LogP contribution in [0.3, 0.4) is 0 Å². The van der Waals surface area contributed by atoms with E-state index in [4.69, 9.17) is 16.7 Å². The van der Waals surface area contributed by atoms with Crippen molar-refractivity contribution in [3.63, 3.8) is 0 Å². The molecule has 0 aliphatic carbocycles. The molecular formula is C18H18ClNO4S. The Morgan fingerprint density at radius 1 is 1.24 bits per heavy atom. The van der Waals surface area contributed by atoms with Gasteiger partial charge >= 0.3 is 5.97 Å². The van der Waals surface area contributed by atoms with E-state index >= 15 is 0 Å². The number of nitrogens with zero attached hydrogens (tertiary/aromatic N) is 1. The highest BCUT2D eigenvalue weighted by molar-refractivity contribution is 7.17. The molecule has 1 aromatic heterocycles. The van der Waals surface area contributed by atoms with Crippen LogP contribution in [-0.2, 0) is 4.79 Å². The van der Waals surface area contributed by atoms with Gasteiger partial charge in [-0.3, -0.25) is 4.79 Å². The van der Waals surface area contributed by atoms with Crippen molar-refractivity contribution >= 4 is 34.8 Å². The first-order valence-electron chi connectivity index (χ1n) is 7.91. The van der Waals surface area contributed by atoms with Crippen LogP contribution in [0.4, 0.5) is 0 Å². The molecule has 2 aromatic rings. The summed E-state index contributed by atoms with van der Waals surface area (Å²) in [6, 6.07) is 9.34. The lowest BCUT2D eigenvalue weighted by atomic mass is 9.91. The van der Waals surface area contributed by atoms with Gasteiger partial charge in [-0.25, -0.2) is 4.79 Å². The summed E-state index contributed by atoms with van der Waals surface area (Å²) in [6.45, 7) is 2.40.